The summed E-state index contributed by atoms with van der Waals surface area (Å²) < 4.78 is 5.58. The van der Waals surface area contributed by atoms with Gasteiger partial charge in [-0.15, -0.1) is 0 Å². The molecule has 32 heavy (non-hydrogen) atoms. The van der Waals surface area contributed by atoms with Crippen LogP contribution in [0.25, 0.3) is 17.0 Å². The van der Waals surface area contributed by atoms with Crippen LogP contribution in [0.3, 0.4) is 0 Å². The van der Waals surface area contributed by atoms with Gasteiger partial charge in [-0.2, -0.15) is 0 Å². The Morgan fingerprint density at radius 2 is 2.09 bits per heavy atom. The van der Waals surface area contributed by atoms with E-state index in [1.54, 1.807) is 13.3 Å². The quantitative estimate of drug-likeness (QED) is 0.403. The number of ether oxygens (including phenoxy) is 1. The van der Waals surface area contributed by atoms with Gasteiger partial charge >= 0.3 is 0 Å². The van der Waals surface area contributed by atoms with Gasteiger partial charge < -0.3 is 15.0 Å². The molecule has 1 aliphatic rings. The summed E-state index contributed by atoms with van der Waals surface area (Å²) in [6, 6.07) is 11.5. The van der Waals surface area contributed by atoms with E-state index in [1.807, 2.05) is 13.0 Å². The van der Waals surface area contributed by atoms with Crippen molar-refractivity contribution in [3.05, 3.63) is 48.0 Å². The average molecular weight is 435 g/mol. The predicted molar refractivity (Wildman–Crippen MR) is 136 cm³/mol. The molecule has 1 N–H and O–H groups in total. The number of nitrogens with zero attached hydrogens (tertiary/aromatic N) is 3. The topological polar surface area (TPSA) is 49.8 Å². The Balaban J connectivity index is 1.94. The highest BCUT2D eigenvalue weighted by atomic mass is 16.5. The third-order valence-electron chi connectivity index (χ3n) is 6.11. The minimum absolute atomic E-state index is 0.420. The van der Waals surface area contributed by atoms with Crippen LogP contribution in [0.5, 0.6) is 5.75 Å². The Kier molecular flexibility index (Phi) is 8.46. The fourth-order valence-electron chi connectivity index (χ4n) is 3.91. The Morgan fingerprint density at radius 3 is 2.72 bits per heavy atom. The molecule has 0 bridgehead atoms. The van der Waals surface area contributed by atoms with E-state index in [1.165, 1.54) is 12.8 Å². The van der Waals surface area contributed by atoms with E-state index in [0.29, 0.717) is 17.9 Å². The lowest BCUT2D eigenvalue weighted by Gasteiger charge is -2.32. The molecule has 0 spiro atoms. The molecule has 3 rings (SSSR count). The van der Waals surface area contributed by atoms with Crippen LogP contribution in [-0.2, 0) is 6.54 Å². The van der Waals surface area contributed by atoms with Gasteiger partial charge in [-0.1, -0.05) is 20.4 Å². The monoisotopic (exact) mass is 434 g/mol. The lowest BCUT2D eigenvalue weighted by molar-refractivity contribution is 0.305. The zero-order valence-corrected chi connectivity index (χ0v) is 20.3. The number of aliphatic imine (C=N–C) groups is 1. The molecular weight excluding hydrogens is 396 g/mol. The molecule has 1 aromatic carbocycles. The highest BCUT2D eigenvalue weighted by molar-refractivity contribution is 5.76. The summed E-state index contributed by atoms with van der Waals surface area (Å²) in [5.74, 6) is 1.62. The molecule has 0 aliphatic heterocycles. The zero-order valence-electron chi connectivity index (χ0n) is 20.3. The standard InChI is InChI=1S/C27H38N4O/c1-7-16-31(19(4)8-2)20(5)24-13-14-25(30-27(24)28-9-3)21-10-15-26(32-6)22(17-21)18-29-23-11-12-23/h9-10,13-15,17,19,23,29H,5,7-8,11-12,16,18H2,1-4,6H3/t19-/m0/s1. The molecule has 0 saturated heterocycles. The molecule has 2 aromatic rings. The van der Waals surface area contributed by atoms with Crippen LogP contribution >= 0.6 is 0 Å². The molecule has 0 unspecified atom stereocenters. The van der Waals surface area contributed by atoms with Crippen molar-refractivity contribution in [1.29, 1.82) is 0 Å². The van der Waals surface area contributed by atoms with Crippen LogP contribution in [0.4, 0.5) is 5.82 Å². The smallest absolute Gasteiger partial charge is 0.161 e. The highest BCUT2D eigenvalue weighted by Crippen LogP contribution is 2.33. The van der Waals surface area contributed by atoms with E-state index in [0.717, 1.165) is 59.8 Å². The molecule has 0 radical (unpaired) electrons. The molecule has 172 valence electrons. The van der Waals surface area contributed by atoms with E-state index in [9.17, 15) is 0 Å². The first kappa shape index (κ1) is 24.0. The Labute approximate surface area is 193 Å². The fourth-order valence-corrected chi connectivity index (χ4v) is 3.91. The minimum atomic E-state index is 0.420. The Morgan fingerprint density at radius 1 is 1.31 bits per heavy atom. The average Bonchev–Trinajstić information content (AvgIpc) is 3.65. The van der Waals surface area contributed by atoms with Crippen LogP contribution in [0.2, 0.25) is 0 Å². The summed E-state index contributed by atoms with van der Waals surface area (Å²) in [6.45, 7) is 14.8. The van der Waals surface area contributed by atoms with E-state index in [2.05, 4.69) is 66.8 Å². The number of hydrogen-bond donors (Lipinski definition) is 1. The van der Waals surface area contributed by atoms with Crippen molar-refractivity contribution in [3.63, 3.8) is 0 Å². The lowest BCUT2D eigenvalue weighted by atomic mass is 10.0. The largest absolute Gasteiger partial charge is 0.496 e. The van der Waals surface area contributed by atoms with Crippen molar-refractivity contribution in [3.8, 4) is 17.0 Å². The van der Waals surface area contributed by atoms with E-state index in [4.69, 9.17) is 9.72 Å². The summed E-state index contributed by atoms with van der Waals surface area (Å²) in [4.78, 5) is 11.9. The van der Waals surface area contributed by atoms with Crippen molar-refractivity contribution >= 4 is 17.7 Å². The van der Waals surface area contributed by atoms with Gasteiger partial charge in [0, 0.05) is 53.8 Å². The van der Waals surface area contributed by atoms with E-state index in [-0.39, 0.29) is 0 Å². The van der Waals surface area contributed by atoms with Gasteiger partial charge in [0.2, 0.25) is 0 Å². The number of methoxy groups -OCH3 is 1. The summed E-state index contributed by atoms with van der Waals surface area (Å²) in [5.41, 5.74) is 5.10. The maximum atomic E-state index is 5.58. The first-order chi connectivity index (χ1) is 15.5. The van der Waals surface area contributed by atoms with Crippen molar-refractivity contribution < 1.29 is 4.74 Å². The van der Waals surface area contributed by atoms with E-state index >= 15 is 0 Å². The number of benzene rings is 1. The molecule has 1 atom stereocenters. The van der Waals surface area contributed by atoms with Gasteiger partial charge in [0.1, 0.15) is 5.75 Å². The number of hydrogen-bond acceptors (Lipinski definition) is 5. The molecule has 5 heteroatoms. The predicted octanol–water partition coefficient (Wildman–Crippen LogP) is 6.21. The van der Waals surface area contributed by atoms with Gasteiger partial charge in [0.05, 0.1) is 12.8 Å². The molecule has 1 heterocycles. The Hall–Kier alpha value is -2.66. The van der Waals surface area contributed by atoms with Gasteiger partial charge in [-0.05, 0) is 69.9 Å². The number of rotatable bonds is 12. The summed E-state index contributed by atoms with van der Waals surface area (Å²) in [5, 5.41) is 3.58. The molecular formula is C27H38N4O. The van der Waals surface area contributed by atoms with Crippen LogP contribution in [0.1, 0.15) is 64.5 Å². The van der Waals surface area contributed by atoms with Gasteiger partial charge in [0.25, 0.3) is 0 Å². The first-order valence-corrected chi connectivity index (χ1v) is 11.9. The van der Waals surface area contributed by atoms with Crippen LogP contribution in [0.15, 0.2) is 41.9 Å². The summed E-state index contributed by atoms with van der Waals surface area (Å²) >= 11 is 0. The number of aromatic nitrogens is 1. The molecule has 5 nitrogen and oxygen atoms in total. The molecule has 1 fully saturated rings. The zero-order chi connectivity index (χ0) is 23.1. The van der Waals surface area contributed by atoms with Gasteiger partial charge in [-0.25, -0.2) is 9.98 Å². The Bertz CT molecular complexity index is 949. The molecule has 1 aliphatic carbocycles. The summed E-state index contributed by atoms with van der Waals surface area (Å²) in [7, 11) is 1.72. The van der Waals surface area contributed by atoms with Crippen LogP contribution < -0.4 is 10.1 Å². The first-order valence-electron chi connectivity index (χ1n) is 11.9. The second kappa shape index (κ2) is 11.3. The molecule has 0 amide bonds. The van der Waals surface area contributed by atoms with Crippen molar-refractivity contribution in [2.24, 2.45) is 4.99 Å². The molecule has 1 saturated carbocycles. The maximum absolute atomic E-state index is 5.58. The van der Waals surface area contributed by atoms with Crippen molar-refractivity contribution in [2.45, 2.75) is 72.0 Å². The SMILES string of the molecule is C=C(c1ccc(-c2ccc(OC)c(CNC3CC3)c2)nc1N=CC)N(CCC)[C@@H](C)CC. The second-order valence-corrected chi connectivity index (χ2v) is 8.53. The van der Waals surface area contributed by atoms with E-state index < -0.39 is 0 Å². The number of nitrogens with one attached hydrogen (secondary N) is 1. The third kappa shape index (κ3) is 5.77. The minimum Gasteiger partial charge on any atom is -0.496 e. The molecule has 1 aromatic heterocycles. The maximum Gasteiger partial charge on any atom is 0.161 e. The van der Waals surface area contributed by atoms with Crippen molar-refractivity contribution in [2.75, 3.05) is 13.7 Å². The summed E-state index contributed by atoms with van der Waals surface area (Å²) in [6.07, 6.45) is 6.47. The highest BCUT2D eigenvalue weighted by Gasteiger charge is 2.21. The second-order valence-electron chi connectivity index (χ2n) is 8.53. The van der Waals surface area contributed by atoms with Crippen molar-refractivity contribution in [1.82, 2.24) is 15.2 Å². The van der Waals surface area contributed by atoms with Crippen LogP contribution in [0, 0.1) is 0 Å². The number of pyridine rings is 1. The van der Waals surface area contributed by atoms with Gasteiger partial charge in [-0.3, -0.25) is 0 Å². The van der Waals surface area contributed by atoms with Crippen LogP contribution in [-0.4, -0.2) is 41.8 Å². The van der Waals surface area contributed by atoms with Gasteiger partial charge in [0.15, 0.2) is 5.82 Å². The third-order valence-corrected chi connectivity index (χ3v) is 6.11. The lowest BCUT2D eigenvalue weighted by Crippen LogP contribution is -2.31. The fraction of sp³-hybridized carbons (Fsp3) is 0.481. The normalized spacial score (nSPS) is 14.5.